The number of carbonyl (C=O) groups excluding carboxylic acids is 1. The average molecular weight is 389 g/mol. The number of fused-ring (bicyclic) bond motifs is 1. The second-order valence-corrected chi connectivity index (χ2v) is 6.80. The van der Waals surface area contributed by atoms with Crippen molar-refractivity contribution in [1.82, 2.24) is 10.3 Å². The van der Waals surface area contributed by atoms with Crippen LogP contribution in [0, 0.1) is 0 Å². The predicted molar refractivity (Wildman–Crippen MR) is 111 cm³/mol. The number of ether oxygens (including phenoxy) is 2. The molecule has 2 aromatic carbocycles. The molecule has 0 aliphatic carbocycles. The summed E-state index contributed by atoms with van der Waals surface area (Å²) in [6.45, 7) is 4.32. The van der Waals surface area contributed by atoms with Crippen LogP contribution in [-0.4, -0.2) is 24.2 Å². The lowest BCUT2D eigenvalue weighted by Gasteiger charge is -2.23. The molecule has 3 aromatic rings. The van der Waals surface area contributed by atoms with Gasteiger partial charge in [0.2, 0.25) is 6.79 Å². The summed E-state index contributed by atoms with van der Waals surface area (Å²) in [5, 5.41) is 2.95. The molecule has 0 atom stereocenters. The summed E-state index contributed by atoms with van der Waals surface area (Å²) < 4.78 is 10.7. The zero-order valence-corrected chi connectivity index (χ0v) is 16.3. The zero-order valence-electron chi connectivity index (χ0n) is 16.3. The van der Waals surface area contributed by atoms with E-state index in [-0.39, 0.29) is 12.7 Å². The molecule has 6 nitrogen and oxygen atoms in total. The number of nitrogens with one attached hydrogen (secondary N) is 1. The van der Waals surface area contributed by atoms with Crippen molar-refractivity contribution >= 4 is 11.6 Å². The van der Waals surface area contributed by atoms with E-state index in [9.17, 15) is 4.79 Å². The van der Waals surface area contributed by atoms with Gasteiger partial charge in [-0.05, 0) is 36.2 Å². The van der Waals surface area contributed by atoms with E-state index in [4.69, 9.17) is 9.47 Å². The van der Waals surface area contributed by atoms with Crippen LogP contribution < -0.4 is 19.7 Å². The smallest absolute Gasteiger partial charge is 0.253 e. The summed E-state index contributed by atoms with van der Waals surface area (Å²) in [5.41, 5.74) is 3.62. The standard InChI is InChI=1S/C23H23N3O3/c1-2-26(15-17-6-4-3-5-7-17)20-11-19(13-24-14-20)23(27)25-12-18-8-9-21-22(10-18)29-16-28-21/h3-11,13-14H,2,12,15-16H2,1H3,(H,25,27). The first-order valence-electron chi connectivity index (χ1n) is 9.63. The lowest BCUT2D eigenvalue weighted by Crippen LogP contribution is -2.25. The summed E-state index contributed by atoms with van der Waals surface area (Å²) in [6, 6.07) is 17.8. The van der Waals surface area contributed by atoms with Crippen molar-refractivity contribution in [3.8, 4) is 11.5 Å². The molecule has 148 valence electrons. The van der Waals surface area contributed by atoms with Crippen molar-refractivity contribution in [2.45, 2.75) is 20.0 Å². The van der Waals surface area contributed by atoms with E-state index in [1.165, 1.54) is 5.56 Å². The fourth-order valence-electron chi connectivity index (χ4n) is 3.25. The molecular formula is C23H23N3O3. The third-order valence-electron chi connectivity index (χ3n) is 4.84. The van der Waals surface area contributed by atoms with Gasteiger partial charge in [0.25, 0.3) is 5.91 Å². The number of pyridine rings is 1. The quantitative estimate of drug-likeness (QED) is 0.667. The van der Waals surface area contributed by atoms with Crippen molar-refractivity contribution < 1.29 is 14.3 Å². The minimum absolute atomic E-state index is 0.159. The Labute approximate surface area is 170 Å². The SMILES string of the molecule is CCN(Cc1ccccc1)c1cncc(C(=O)NCc2ccc3c(c2)OCO3)c1. The Hall–Kier alpha value is -3.54. The van der Waals surface area contributed by atoms with Gasteiger partial charge in [0.05, 0.1) is 17.4 Å². The second-order valence-electron chi connectivity index (χ2n) is 6.80. The van der Waals surface area contributed by atoms with E-state index in [1.807, 2.05) is 42.5 Å². The van der Waals surface area contributed by atoms with E-state index < -0.39 is 0 Å². The topological polar surface area (TPSA) is 63.7 Å². The van der Waals surface area contributed by atoms with Gasteiger partial charge in [0.1, 0.15) is 0 Å². The van der Waals surface area contributed by atoms with E-state index in [0.29, 0.717) is 17.9 Å². The Balaban J connectivity index is 1.42. The molecule has 1 aliphatic heterocycles. The van der Waals surface area contributed by atoms with Gasteiger partial charge in [-0.3, -0.25) is 9.78 Å². The highest BCUT2D eigenvalue weighted by Gasteiger charge is 2.14. The van der Waals surface area contributed by atoms with Crippen LogP contribution in [0.2, 0.25) is 0 Å². The van der Waals surface area contributed by atoms with Gasteiger partial charge >= 0.3 is 0 Å². The van der Waals surface area contributed by atoms with Gasteiger partial charge in [-0.2, -0.15) is 0 Å². The first-order valence-corrected chi connectivity index (χ1v) is 9.63. The Morgan fingerprint density at radius 3 is 2.69 bits per heavy atom. The highest BCUT2D eigenvalue weighted by Crippen LogP contribution is 2.32. The average Bonchev–Trinajstić information content (AvgIpc) is 3.24. The first-order chi connectivity index (χ1) is 14.2. The van der Waals surface area contributed by atoms with E-state index in [0.717, 1.165) is 30.1 Å². The maximum atomic E-state index is 12.6. The number of aromatic nitrogens is 1. The summed E-state index contributed by atoms with van der Waals surface area (Å²) >= 11 is 0. The minimum Gasteiger partial charge on any atom is -0.454 e. The van der Waals surface area contributed by atoms with Gasteiger partial charge < -0.3 is 19.7 Å². The highest BCUT2D eigenvalue weighted by molar-refractivity contribution is 5.94. The fourth-order valence-corrected chi connectivity index (χ4v) is 3.25. The summed E-state index contributed by atoms with van der Waals surface area (Å²) in [7, 11) is 0. The number of nitrogens with zero attached hydrogens (tertiary/aromatic N) is 2. The molecule has 1 aliphatic rings. The van der Waals surface area contributed by atoms with Crippen molar-refractivity contribution in [3.63, 3.8) is 0 Å². The lowest BCUT2D eigenvalue weighted by atomic mass is 10.1. The van der Waals surface area contributed by atoms with E-state index in [2.05, 4.69) is 34.3 Å². The van der Waals surface area contributed by atoms with Crippen LogP contribution in [-0.2, 0) is 13.1 Å². The Morgan fingerprint density at radius 2 is 1.86 bits per heavy atom. The van der Waals surface area contributed by atoms with Gasteiger partial charge in [-0.1, -0.05) is 36.4 Å². The Kier molecular flexibility index (Phi) is 5.61. The van der Waals surface area contributed by atoms with Crippen LogP contribution in [0.1, 0.15) is 28.4 Å². The lowest BCUT2D eigenvalue weighted by molar-refractivity contribution is 0.0950. The van der Waals surface area contributed by atoms with Crippen LogP contribution >= 0.6 is 0 Å². The maximum Gasteiger partial charge on any atom is 0.253 e. The predicted octanol–water partition coefficient (Wildman–Crippen LogP) is 3.77. The molecule has 0 fully saturated rings. The normalized spacial score (nSPS) is 11.9. The molecule has 6 heteroatoms. The molecule has 1 amide bonds. The number of anilines is 1. The van der Waals surface area contributed by atoms with Crippen molar-refractivity contribution in [1.29, 1.82) is 0 Å². The molecule has 0 saturated carbocycles. The van der Waals surface area contributed by atoms with Crippen LogP contribution in [0.3, 0.4) is 0 Å². The van der Waals surface area contributed by atoms with Gasteiger partial charge in [0, 0.05) is 25.8 Å². The second kappa shape index (κ2) is 8.65. The molecule has 29 heavy (non-hydrogen) atoms. The molecule has 0 radical (unpaired) electrons. The van der Waals surface area contributed by atoms with E-state index >= 15 is 0 Å². The minimum atomic E-state index is -0.159. The first kappa shape index (κ1) is 18.8. The van der Waals surface area contributed by atoms with Gasteiger partial charge in [-0.25, -0.2) is 0 Å². The molecule has 0 bridgehead atoms. The zero-order chi connectivity index (χ0) is 20.1. The third kappa shape index (κ3) is 4.48. The molecule has 1 N–H and O–H groups in total. The number of rotatable bonds is 7. The van der Waals surface area contributed by atoms with Crippen LogP contribution in [0.4, 0.5) is 5.69 Å². The summed E-state index contributed by atoms with van der Waals surface area (Å²) in [6.07, 6.45) is 3.38. The number of amides is 1. The largest absolute Gasteiger partial charge is 0.454 e. The molecule has 0 unspecified atom stereocenters. The monoisotopic (exact) mass is 389 g/mol. The van der Waals surface area contributed by atoms with Crippen LogP contribution in [0.5, 0.6) is 11.5 Å². The van der Waals surface area contributed by atoms with E-state index in [1.54, 1.807) is 12.4 Å². The van der Waals surface area contributed by atoms with Gasteiger partial charge in [0.15, 0.2) is 11.5 Å². The molecule has 2 heterocycles. The maximum absolute atomic E-state index is 12.6. The van der Waals surface area contributed by atoms with Crippen LogP contribution in [0.15, 0.2) is 67.0 Å². The number of hydrogen-bond donors (Lipinski definition) is 1. The van der Waals surface area contributed by atoms with Crippen molar-refractivity contribution in [2.24, 2.45) is 0 Å². The number of hydrogen-bond acceptors (Lipinski definition) is 5. The molecule has 0 saturated heterocycles. The third-order valence-corrected chi connectivity index (χ3v) is 4.84. The Morgan fingerprint density at radius 1 is 1.03 bits per heavy atom. The highest BCUT2D eigenvalue weighted by atomic mass is 16.7. The number of carbonyl (C=O) groups is 1. The summed E-state index contributed by atoms with van der Waals surface area (Å²) in [4.78, 5) is 19.1. The molecule has 1 aromatic heterocycles. The Bertz CT molecular complexity index is 992. The molecule has 4 rings (SSSR count). The van der Waals surface area contributed by atoms with Crippen molar-refractivity contribution in [2.75, 3.05) is 18.2 Å². The van der Waals surface area contributed by atoms with Gasteiger partial charge in [-0.15, -0.1) is 0 Å². The fraction of sp³-hybridized carbons (Fsp3) is 0.217. The van der Waals surface area contributed by atoms with Crippen LogP contribution in [0.25, 0.3) is 0 Å². The molecular weight excluding hydrogens is 366 g/mol. The molecule has 0 spiro atoms. The number of benzene rings is 2. The summed E-state index contributed by atoms with van der Waals surface area (Å²) in [5.74, 6) is 1.28. The van der Waals surface area contributed by atoms with Crippen molar-refractivity contribution in [3.05, 3.63) is 83.7 Å².